The third kappa shape index (κ3) is 4.07. The minimum absolute atomic E-state index is 0.179. The SMILES string of the molecule is O=C(c1ccccc1)N1CC[C@H](CN2CC[C@H](Nc3ccccc3)C2)C1. The summed E-state index contributed by atoms with van der Waals surface area (Å²) in [5.74, 6) is 0.774. The highest BCUT2D eigenvalue weighted by atomic mass is 16.2. The lowest BCUT2D eigenvalue weighted by Gasteiger charge is -2.22. The second kappa shape index (κ2) is 7.92. The van der Waals surface area contributed by atoms with Crippen molar-refractivity contribution >= 4 is 11.6 Å². The molecule has 0 bridgehead atoms. The Morgan fingerprint density at radius 2 is 1.65 bits per heavy atom. The molecule has 4 rings (SSSR count). The third-order valence-electron chi connectivity index (χ3n) is 5.53. The van der Waals surface area contributed by atoms with E-state index in [1.807, 2.05) is 35.2 Å². The fourth-order valence-electron chi connectivity index (χ4n) is 4.18. The summed E-state index contributed by atoms with van der Waals surface area (Å²) in [6, 6.07) is 20.6. The molecule has 4 nitrogen and oxygen atoms in total. The normalized spacial score (nSPS) is 23.3. The number of carbonyl (C=O) groups is 1. The number of likely N-dealkylation sites (tertiary alicyclic amines) is 2. The third-order valence-corrected chi connectivity index (χ3v) is 5.53. The maximum atomic E-state index is 12.6. The van der Waals surface area contributed by atoms with Crippen molar-refractivity contribution < 1.29 is 4.79 Å². The van der Waals surface area contributed by atoms with Crippen molar-refractivity contribution in [3.63, 3.8) is 0 Å². The molecule has 2 aromatic carbocycles. The van der Waals surface area contributed by atoms with Gasteiger partial charge in [-0.25, -0.2) is 0 Å². The Morgan fingerprint density at radius 3 is 2.42 bits per heavy atom. The van der Waals surface area contributed by atoms with Crippen LogP contribution in [0.2, 0.25) is 0 Å². The standard InChI is InChI=1S/C22H27N3O/c26-22(19-7-3-1-4-8-19)25-14-11-18(16-25)15-24-13-12-21(17-24)23-20-9-5-2-6-10-20/h1-10,18,21,23H,11-17H2/t18-,21+/m1/s1. The summed E-state index contributed by atoms with van der Waals surface area (Å²) < 4.78 is 0. The van der Waals surface area contributed by atoms with Crippen LogP contribution < -0.4 is 5.32 Å². The summed E-state index contributed by atoms with van der Waals surface area (Å²) in [6.45, 7) is 5.12. The number of hydrogen-bond acceptors (Lipinski definition) is 3. The second-order valence-corrected chi connectivity index (χ2v) is 7.53. The summed E-state index contributed by atoms with van der Waals surface area (Å²) in [6.07, 6.45) is 2.31. The largest absolute Gasteiger partial charge is 0.381 e. The summed E-state index contributed by atoms with van der Waals surface area (Å²) in [7, 11) is 0. The van der Waals surface area contributed by atoms with Gasteiger partial charge >= 0.3 is 0 Å². The number of rotatable bonds is 5. The zero-order valence-electron chi connectivity index (χ0n) is 15.2. The molecule has 0 unspecified atom stereocenters. The van der Waals surface area contributed by atoms with Gasteiger partial charge in [0.1, 0.15) is 0 Å². The molecular weight excluding hydrogens is 322 g/mol. The molecule has 0 aromatic heterocycles. The maximum Gasteiger partial charge on any atom is 0.253 e. The average molecular weight is 349 g/mol. The molecule has 2 aliphatic heterocycles. The first kappa shape index (κ1) is 17.1. The zero-order valence-corrected chi connectivity index (χ0v) is 15.2. The molecule has 2 fully saturated rings. The van der Waals surface area contributed by atoms with Crippen LogP contribution in [0.4, 0.5) is 5.69 Å². The van der Waals surface area contributed by atoms with Crippen LogP contribution >= 0.6 is 0 Å². The van der Waals surface area contributed by atoms with Crippen molar-refractivity contribution in [3.8, 4) is 0 Å². The van der Waals surface area contributed by atoms with E-state index in [1.54, 1.807) is 0 Å². The van der Waals surface area contributed by atoms with Gasteiger partial charge in [0.25, 0.3) is 5.91 Å². The van der Waals surface area contributed by atoms with Gasteiger partial charge in [-0.15, -0.1) is 0 Å². The number of benzene rings is 2. The van der Waals surface area contributed by atoms with E-state index in [4.69, 9.17) is 0 Å². The average Bonchev–Trinajstić information content (AvgIpc) is 3.33. The summed E-state index contributed by atoms with van der Waals surface area (Å²) >= 11 is 0. The Hall–Kier alpha value is -2.33. The van der Waals surface area contributed by atoms with Crippen LogP contribution in [0.1, 0.15) is 23.2 Å². The van der Waals surface area contributed by atoms with E-state index < -0.39 is 0 Å². The lowest BCUT2D eigenvalue weighted by molar-refractivity contribution is 0.0784. The fourth-order valence-corrected chi connectivity index (χ4v) is 4.18. The minimum atomic E-state index is 0.179. The first-order chi connectivity index (χ1) is 12.8. The highest BCUT2D eigenvalue weighted by molar-refractivity contribution is 5.94. The van der Waals surface area contributed by atoms with Crippen LogP contribution in [-0.4, -0.2) is 54.5 Å². The van der Waals surface area contributed by atoms with Gasteiger partial charge in [0.2, 0.25) is 0 Å². The molecule has 0 radical (unpaired) electrons. The number of carbonyl (C=O) groups excluding carboxylic acids is 1. The molecule has 0 saturated carbocycles. The number of hydrogen-bond donors (Lipinski definition) is 1. The maximum absolute atomic E-state index is 12.6. The number of para-hydroxylation sites is 1. The van der Waals surface area contributed by atoms with E-state index >= 15 is 0 Å². The first-order valence-electron chi connectivity index (χ1n) is 9.66. The van der Waals surface area contributed by atoms with Gasteiger partial charge in [-0.3, -0.25) is 4.79 Å². The Balaban J connectivity index is 1.25. The summed E-state index contributed by atoms with van der Waals surface area (Å²) in [5.41, 5.74) is 2.02. The Labute approximate surface area is 155 Å². The molecule has 2 atom stereocenters. The van der Waals surface area contributed by atoms with E-state index in [9.17, 15) is 4.79 Å². The van der Waals surface area contributed by atoms with Gasteiger partial charge in [-0.1, -0.05) is 36.4 Å². The quantitative estimate of drug-likeness (QED) is 0.899. The van der Waals surface area contributed by atoms with Gasteiger partial charge in [0.05, 0.1) is 0 Å². The molecule has 2 saturated heterocycles. The molecule has 2 heterocycles. The van der Waals surface area contributed by atoms with E-state index in [0.29, 0.717) is 12.0 Å². The Bertz CT molecular complexity index is 719. The molecule has 0 spiro atoms. The first-order valence-corrected chi connectivity index (χ1v) is 9.66. The van der Waals surface area contributed by atoms with Gasteiger partial charge < -0.3 is 15.1 Å². The second-order valence-electron chi connectivity index (χ2n) is 7.53. The van der Waals surface area contributed by atoms with Crippen molar-refractivity contribution in [2.24, 2.45) is 5.92 Å². The molecule has 2 aromatic rings. The topological polar surface area (TPSA) is 35.6 Å². The highest BCUT2D eigenvalue weighted by Gasteiger charge is 2.30. The van der Waals surface area contributed by atoms with E-state index in [-0.39, 0.29) is 5.91 Å². The van der Waals surface area contributed by atoms with Gasteiger partial charge in [0, 0.05) is 50.0 Å². The van der Waals surface area contributed by atoms with Crippen LogP contribution in [0, 0.1) is 5.92 Å². The van der Waals surface area contributed by atoms with Crippen molar-refractivity contribution in [1.29, 1.82) is 0 Å². The van der Waals surface area contributed by atoms with Crippen molar-refractivity contribution in [3.05, 3.63) is 66.2 Å². The molecular formula is C22H27N3O. The van der Waals surface area contributed by atoms with Gasteiger partial charge in [0.15, 0.2) is 0 Å². The van der Waals surface area contributed by atoms with E-state index in [1.165, 1.54) is 12.1 Å². The van der Waals surface area contributed by atoms with Crippen LogP contribution in [0.15, 0.2) is 60.7 Å². The minimum Gasteiger partial charge on any atom is -0.381 e. The lowest BCUT2D eigenvalue weighted by atomic mass is 10.1. The predicted octanol–water partition coefficient (Wildman–Crippen LogP) is 3.34. The van der Waals surface area contributed by atoms with Gasteiger partial charge in [-0.05, 0) is 43.0 Å². The predicted molar refractivity (Wildman–Crippen MR) is 105 cm³/mol. The van der Waals surface area contributed by atoms with Crippen molar-refractivity contribution in [1.82, 2.24) is 9.80 Å². The van der Waals surface area contributed by atoms with Crippen molar-refractivity contribution in [2.75, 3.05) is 38.0 Å². The molecule has 1 N–H and O–H groups in total. The lowest BCUT2D eigenvalue weighted by Crippen LogP contribution is -2.33. The van der Waals surface area contributed by atoms with Crippen molar-refractivity contribution in [2.45, 2.75) is 18.9 Å². The Kier molecular flexibility index (Phi) is 5.21. The van der Waals surface area contributed by atoms with Crippen LogP contribution in [0.3, 0.4) is 0 Å². The smallest absolute Gasteiger partial charge is 0.253 e. The number of nitrogens with zero attached hydrogens (tertiary/aromatic N) is 2. The molecule has 0 aliphatic carbocycles. The monoisotopic (exact) mass is 349 g/mol. The summed E-state index contributed by atoms with van der Waals surface area (Å²) in [5, 5.41) is 3.64. The molecule has 2 aliphatic rings. The van der Waals surface area contributed by atoms with Gasteiger partial charge in [-0.2, -0.15) is 0 Å². The van der Waals surface area contributed by atoms with Crippen LogP contribution in [-0.2, 0) is 0 Å². The number of nitrogens with one attached hydrogen (secondary N) is 1. The van der Waals surface area contributed by atoms with Crippen LogP contribution in [0.25, 0.3) is 0 Å². The Morgan fingerprint density at radius 1 is 0.923 bits per heavy atom. The highest BCUT2D eigenvalue weighted by Crippen LogP contribution is 2.23. The zero-order chi connectivity index (χ0) is 17.8. The summed E-state index contributed by atoms with van der Waals surface area (Å²) in [4.78, 5) is 17.2. The van der Waals surface area contributed by atoms with E-state index in [0.717, 1.165) is 44.7 Å². The molecule has 136 valence electrons. The molecule has 4 heteroatoms. The van der Waals surface area contributed by atoms with E-state index in [2.05, 4.69) is 40.5 Å². The number of amides is 1. The fraction of sp³-hybridized carbons (Fsp3) is 0.409. The molecule has 26 heavy (non-hydrogen) atoms. The number of anilines is 1. The van der Waals surface area contributed by atoms with Crippen LogP contribution in [0.5, 0.6) is 0 Å². The molecule has 1 amide bonds.